The summed E-state index contributed by atoms with van der Waals surface area (Å²) in [6, 6.07) is 6.11. The molecule has 1 aromatic carbocycles. The summed E-state index contributed by atoms with van der Waals surface area (Å²) in [7, 11) is 1.61. The van der Waals surface area contributed by atoms with Gasteiger partial charge in [0.2, 0.25) is 0 Å². The average Bonchev–Trinajstić information content (AvgIpc) is 2.45. The van der Waals surface area contributed by atoms with Gasteiger partial charge in [-0.1, -0.05) is 12.1 Å². The van der Waals surface area contributed by atoms with Crippen LogP contribution in [0.2, 0.25) is 0 Å². The number of urea groups is 1. The lowest BCUT2D eigenvalue weighted by Gasteiger charge is -2.23. The second-order valence-corrected chi connectivity index (χ2v) is 4.63. The number of likely N-dealkylation sites (N-methyl/N-ethyl adjacent to an activating group) is 1. The standard InChI is InChI=1S/C14H20N2O4/c1-10(9-17)16(2)14(20)15-7-6-11-4-3-5-12(8-11)13(18)19/h3-5,8,10,17H,6-7,9H2,1-2H3,(H,15,20)(H,18,19). The Kier molecular flexibility index (Phi) is 5.99. The molecule has 3 N–H and O–H groups in total. The molecular formula is C14H20N2O4. The lowest BCUT2D eigenvalue weighted by atomic mass is 10.1. The molecule has 0 saturated heterocycles. The van der Waals surface area contributed by atoms with Crippen LogP contribution in [0.5, 0.6) is 0 Å². The largest absolute Gasteiger partial charge is 0.478 e. The summed E-state index contributed by atoms with van der Waals surface area (Å²) in [5.41, 5.74) is 1.09. The van der Waals surface area contributed by atoms with E-state index in [-0.39, 0.29) is 24.2 Å². The first-order valence-electron chi connectivity index (χ1n) is 6.39. The Labute approximate surface area is 118 Å². The highest BCUT2D eigenvalue weighted by atomic mass is 16.4. The fraction of sp³-hybridized carbons (Fsp3) is 0.429. The van der Waals surface area contributed by atoms with E-state index in [1.165, 1.54) is 11.0 Å². The van der Waals surface area contributed by atoms with E-state index in [1.807, 2.05) is 6.07 Å². The Bertz CT molecular complexity index is 476. The summed E-state index contributed by atoms with van der Waals surface area (Å²) >= 11 is 0. The normalized spacial score (nSPS) is 11.8. The van der Waals surface area contributed by atoms with Crippen LogP contribution < -0.4 is 5.32 Å². The van der Waals surface area contributed by atoms with Gasteiger partial charge >= 0.3 is 12.0 Å². The molecule has 0 aliphatic heterocycles. The van der Waals surface area contributed by atoms with Crippen LogP contribution in [0.1, 0.15) is 22.8 Å². The molecule has 6 heteroatoms. The van der Waals surface area contributed by atoms with Gasteiger partial charge in [0.05, 0.1) is 18.2 Å². The predicted octanol–water partition coefficient (Wildman–Crippen LogP) is 0.949. The SMILES string of the molecule is CC(CO)N(C)C(=O)NCCc1cccc(C(=O)O)c1. The number of rotatable bonds is 6. The highest BCUT2D eigenvalue weighted by molar-refractivity contribution is 5.87. The number of aromatic carboxylic acids is 1. The van der Waals surface area contributed by atoms with E-state index >= 15 is 0 Å². The van der Waals surface area contributed by atoms with E-state index < -0.39 is 5.97 Å². The van der Waals surface area contributed by atoms with Crippen molar-refractivity contribution in [3.05, 3.63) is 35.4 Å². The van der Waals surface area contributed by atoms with Crippen molar-refractivity contribution in [2.45, 2.75) is 19.4 Å². The molecule has 0 fully saturated rings. The van der Waals surface area contributed by atoms with E-state index in [0.717, 1.165) is 5.56 Å². The maximum Gasteiger partial charge on any atom is 0.335 e. The van der Waals surface area contributed by atoms with Crippen LogP contribution in [0.25, 0.3) is 0 Å². The van der Waals surface area contributed by atoms with Crippen LogP contribution in [0.15, 0.2) is 24.3 Å². The Morgan fingerprint density at radius 1 is 1.40 bits per heavy atom. The molecule has 0 aromatic heterocycles. The van der Waals surface area contributed by atoms with Gasteiger partial charge in [-0.05, 0) is 31.0 Å². The van der Waals surface area contributed by atoms with Gasteiger partial charge in [0.25, 0.3) is 0 Å². The van der Waals surface area contributed by atoms with E-state index in [4.69, 9.17) is 10.2 Å². The lowest BCUT2D eigenvalue weighted by Crippen LogP contribution is -2.44. The Hall–Kier alpha value is -2.08. The van der Waals surface area contributed by atoms with Gasteiger partial charge in [-0.3, -0.25) is 0 Å². The number of carbonyl (C=O) groups is 2. The van der Waals surface area contributed by atoms with Gasteiger partial charge in [-0.15, -0.1) is 0 Å². The Morgan fingerprint density at radius 2 is 2.10 bits per heavy atom. The summed E-state index contributed by atoms with van der Waals surface area (Å²) in [5, 5.41) is 20.6. The summed E-state index contributed by atoms with van der Waals surface area (Å²) in [6.45, 7) is 2.06. The lowest BCUT2D eigenvalue weighted by molar-refractivity contribution is 0.0696. The molecule has 20 heavy (non-hydrogen) atoms. The minimum absolute atomic E-state index is 0.0927. The quantitative estimate of drug-likeness (QED) is 0.723. The van der Waals surface area contributed by atoms with Crippen molar-refractivity contribution in [1.29, 1.82) is 0 Å². The highest BCUT2D eigenvalue weighted by Gasteiger charge is 2.13. The molecule has 1 atom stereocenters. The van der Waals surface area contributed by atoms with E-state index in [0.29, 0.717) is 13.0 Å². The van der Waals surface area contributed by atoms with Crippen molar-refractivity contribution in [2.24, 2.45) is 0 Å². The number of nitrogens with zero attached hydrogens (tertiary/aromatic N) is 1. The van der Waals surface area contributed by atoms with E-state index in [1.54, 1.807) is 26.1 Å². The predicted molar refractivity (Wildman–Crippen MR) is 74.8 cm³/mol. The smallest absolute Gasteiger partial charge is 0.335 e. The maximum absolute atomic E-state index is 11.7. The first-order chi connectivity index (χ1) is 9.45. The Balaban J connectivity index is 2.46. The van der Waals surface area contributed by atoms with Crippen LogP contribution in [0.3, 0.4) is 0 Å². The zero-order valence-corrected chi connectivity index (χ0v) is 11.7. The first-order valence-corrected chi connectivity index (χ1v) is 6.39. The molecule has 110 valence electrons. The number of aliphatic hydroxyl groups is 1. The fourth-order valence-corrected chi connectivity index (χ4v) is 1.62. The first kappa shape index (κ1) is 16.0. The Morgan fingerprint density at radius 3 is 2.70 bits per heavy atom. The molecule has 0 heterocycles. The van der Waals surface area contributed by atoms with Gasteiger partial charge < -0.3 is 20.4 Å². The molecule has 1 unspecified atom stereocenters. The molecule has 0 aliphatic rings. The third-order valence-electron chi connectivity index (χ3n) is 3.11. The zero-order valence-electron chi connectivity index (χ0n) is 11.7. The number of benzene rings is 1. The van der Waals surface area contributed by atoms with Crippen molar-refractivity contribution >= 4 is 12.0 Å². The van der Waals surface area contributed by atoms with Crippen LogP contribution in [0, 0.1) is 0 Å². The minimum atomic E-state index is -0.965. The molecule has 2 amide bonds. The van der Waals surface area contributed by atoms with Crippen LogP contribution in [0.4, 0.5) is 4.79 Å². The number of hydrogen-bond acceptors (Lipinski definition) is 3. The molecule has 1 rings (SSSR count). The number of amides is 2. The molecule has 0 bridgehead atoms. The minimum Gasteiger partial charge on any atom is -0.478 e. The van der Waals surface area contributed by atoms with Crippen molar-refractivity contribution in [3.63, 3.8) is 0 Å². The monoisotopic (exact) mass is 280 g/mol. The van der Waals surface area contributed by atoms with Crippen LogP contribution in [-0.4, -0.2) is 53.4 Å². The van der Waals surface area contributed by atoms with Crippen molar-refractivity contribution in [3.8, 4) is 0 Å². The number of carbonyl (C=O) groups excluding carboxylic acids is 1. The van der Waals surface area contributed by atoms with Gasteiger partial charge in [-0.25, -0.2) is 9.59 Å². The molecular weight excluding hydrogens is 260 g/mol. The summed E-state index contributed by atoms with van der Waals surface area (Å²) in [4.78, 5) is 24.0. The summed E-state index contributed by atoms with van der Waals surface area (Å²) in [5.74, 6) is -0.965. The van der Waals surface area contributed by atoms with Crippen molar-refractivity contribution in [1.82, 2.24) is 10.2 Å². The van der Waals surface area contributed by atoms with Gasteiger partial charge in [0, 0.05) is 13.6 Å². The second-order valence-electron chi connectivity index (χ2n) is 4.63. The topological polar surface area (TPSA) is 89.9 Å². The molecule has 6 nitrogen and oxygen atoms in total. The average molecular weight is 280 g/mol. The fourth-order valence-electron chi connectivity index (χ4n) is 1.62. The third kappa shape index (κ3) is 4.55. The molecule has 1 aromatic rings. The molecule has 0 saturated carbocycles. The van der Waals surface area contributed by atoms with Gasteiger partial charge in [0.15, 0.2) is 0 Å². The number of nitrogens with one attached hydrogen (secondary N) is 1. The zero-order chi connectivity index (χ0) is 15.1. The van der Waals surface area contributed by atoms with Gasteiger partial charge in [-0.2, -0.15) is 0 Å². The second kappa shape index (κ2) is 7.49. The molecule has 0 spiro atoms. The van der Waals surface area contributed by atoms with E-state index in [2.05, 4.69) is 5.32 Å². The third-order valence-corrected chi connectivity index (χ3v) is 3.11. The molecule has 0 radical (unpaired) electrons. The van der Waals surface area contributed by atoms with Crippen LogP contribution in [-0.2, 0) is 6.42 Å². The summed E-state index contributed by atoms with van der Waals surface area (Å²) in [6.07, 6.45) is 0.550. The van der Waals surface area contributed by atoms with E-state index in [9.17, 15) is 9.59 Å². The number of hydrogen-bond donors (Lipinski definition) is 3. The molecule has 0 aliphatic carbocycles. The summed E-state index contributed by atoms with van der Waals surface area (Å²) < 4.78 is 0. The van der Waals surface area contributed by atoms with Gasteiger partial charge in [0.1, 0.15) is 0 Å². The number of aliphatic hydroxyl groups excluding tert-OH is 1. The van der Waals surface area contributed by atoms with Crippen molar-refractivity contribution < 1.29 is 19.8 Å². The number of carboxylic acids is 1. The highest BCUT2D eigenvalue weighted by Crippen LogP contribution is 2.05. The maximum atomic E-state index is 11.7. The van der Waals surface area contributed by atoms with Crippen LogP contribution >= 0.6 is 0 Å². The number of carboxylic acid groups (broad SMARTS) is 1. The van der Waals surface area contributed by atoms with Crippen molar-refractivity contribution in [2.75, 3.05) is 20.2 Å².